The molecule has 6 rings (SSSR count). The smallest absolute Gasteiger partial charge is 0.318 e. The molecular weight excluding hydrogens is 539 g/mol. The number of aryl methyl sites for hydroxylation is 1. The number of anilines is 1. The van der Waals surface area contributed by atoms with Crippen LogP contribution in [-0.4, -0.2) is 97.0 Å². The van der Waals surface area contributed by atoms with Crippen LogP contribution in [0.15, 0.2) is 29.1 Å². The van der Waals surface area contributed by atoms with E-state index in [1.54, 1.807) is 0 Å². The number of carbonyl (C=O) groups is 1. The number of fused-ring (bicyclic) bond motifs is 2. The highest BCUT2D eigenvalue weighted by atomic mass is 32.1. The molecule has 2 aromatic heterocycles. The number of aromatic nitrogens is 2. The Kier molecular flexibility index (Phi) is 8.14. The molecule has 2 aliphatic heterocycles. The first-order chi connectivity index (χ1) is 19.9. The molecule has 2 aromatic rings. The fourth-order valence-electron chi connectivity index (χ4n) is 7.36. The largest absolute Gasteiger partial charge is 0.462 e. The van der Waals surface area contributed by atoms with E-state index in [0.29, 0.717) is 51.8 Å². The van der Waals surface area contributed by atoms with Gasteiger partial charge in [0.05, 0.1) is 11.7 Å². The van der Waals surface area contributed by atoms with E-state index < -0.39 is 6.17 Å². The van der Waals surface area contributed by atoms with Crippen molar-refractivity contribution in [1.29, 1.82) is 0 Å². The van der Waals surface area contributed by atoms with E-state index in [9.17, 15) is 9.18 Å². The second-order valence-electron chi connectivity index (χ2n) is 12.3. The monoisotopic (exact) mass is 580 g/mol. The van der Waals surface area contributed by atoms with Crippen molar-refractivity contribution >= 4 is 29.8 Å². The summed E-state index contributed by atoms with van der Waals surface area (Å²) >= 11 is 1.88. The van der Waals surface area contributed by atoms with Gasteiger partial charge in [0.15, 0.2) is 0 Å². The molecule has 0 aromatic carbocycles. The number of hydrogen-bond donors (Lipinski definition) is 0. The van der Waals surface area contributed by atoms with Crippen molar-refractivity contribution in [2.45, 2.75) is 69.6 Å². The number of piperazine rings is 1. The first-order valence-corrected chi connectivity index (χ1v) is 15.8. The molecule has 0 bridgehead atoms. The maximum atomic E-state index is 14.0. The Balaban J connectivity index is 1.29. The number of aliphatic imine (C=N–C) groups is 1. The van der Waals surface area contributed by atoms with Crippen molar-refractivity contribution in [3.63, 3.8) is 0 Å². The van der Waals surface area contributed by atoms with Gasteiger partial charge in [-0.25, -0.2) is 4.39 Å². The average Bonchev–Trinajstić information content (AvgIpc) is 3.57. The van der Waals surface area contributed by atoms with Gasteiger partial charge in [0, 0.05) is 49.2 Å². The minimum atomic E-state index is -0.821. The molecule has 4 atom stereocenters. The summed E-state index contributed by atoms with van der Waals surface area (Å²) in [7, 11) is 1.94. The van der Waals surface area contributed by atoms with Crippen LogP contribution in [0.1, 0.15) is 47.4 Å². The second kappa shape index (κ2) is 11.8. The molecule has 2 saturated heterocycles. The average molecular weight is 581 g/mol. The molecule has 4 unspecified atom stereocenters. The molecule has 41 heavy (non-hydrogen) atoms. The lowest BCUT2D eigenvalue weighted by atomic mass is 9.65. The molecule has 2 fully saturated rings. The van der Waals surface area contributed by atoms with Crippen LogP contribution in [0.25, 0.3) is 0 Å². The van der Waals surface area contributed by atoms with Crippen LogP contribution < -0.4 is 9.64 Å². The van der Waals surface area contributed by atoms with Crippen LogP contribution in [0, 0.1) is 5.41 Å². The lowest BCUT2D eigenvalue weighted by Gasteiger charge is -2.44. The number of likely N-dealkylation sites (N-methyl/N-ethyl adjacent to an activating group) is 1. The van der Waals surface area contributed by atoms with Crippen LogP contribution in [0.4, 0.5) is 10.2 Å². The molecule has 10 heteroatoms. The Morgan fingerprint density at radius 1 is 1.24 bits per heavy atom. The standard InChI is InChI=1S/C31H41FN6O2S/c1-4-28(39)38-13-12-37(19-23(38)7-11-33-2)29-25-5-9-31(10-6-27-21(16-31)8-14-41-27)17-26(25)34-30(35-29)40-20-24-15-22(32)18-36(24)3/h4,8,14,22-24H,1-2,5-7,9-13,15-20H2,3H3. The Morgan fingerprint density at radius 2 is 2.10 bits per heavy atom. The number of halogens is 1. The number of alkyl halides is 1. The fourth-order valence-corrected chi connectivity index (χ4v) is 8.26. The van der Waals surface area contributed by atoms with Gasteiger partial charge in [-0.1, -0.05) is 6.58 Å². The Morgan fingerprint density at radius 3 is 2.88 bits per heavy atom. The Labute approximate surface area is 246 Å². The lowest BCUT2D eigenvalue weighted by molar-refractivity contribution is -0.128. The van der Waals surface area contributed by atoms with Gasteiger partial charge < -0.3 is 19.5 Å². The third-order valence-electron chi connectivity index (χ3n) is 9.69. The van der Waals surface area contributed by atoms with Gasteiger partial charge in [0.25, 0.3) is 0 Å². The van der Waals surface area contributed by atoms with E-state index in [4.69, 9.17) is 14.7 Å². The molecule has 4 heterocycles. The van der Waals surface area contributed by atoms with E-state index in [2.05, 4.69) is 34.6 Å². The van der Waals surface area contributed by atoms with Gasteiger partial charge in [-0.05, 0) is 93.6 Å². The summed E-state index contributed by atoms with van der Waals surface area (Å²) in [5.41, 5.74) is 4.02. The SMILES string of the molecule is C=CC(=O)N1CCN(c2nc(OCC3CC(F)CN3C)nc3c2CCC2(CCc4sccc4C2)C3)CC1CCN=C. The number of ether oxygens (including phenoxy) is 1. The quantitative estimate of drug-likeness (QED) is 0.348. The van der Waals surface area contributed by atoms with Crippen molar-refractivity contribution < 1.29 is 13.9 Å². The molecule has 1 amide bonds. The number of carbonyl (C=O) groups excluding carboxylic acids is 1. The molecule has 8 nitrogen and oxygen atoms in total. The number of nitrogens with zero attached hydrogens (tertiary/aromatic N) is 6. The van der Waals surface area contributed by atoms with Gasteiger partial charge in [0.1, 0.15) is 18.6 Å². The van der Waals surface area contributed by atoms with Gasteiger partial charge in [-0.15, -0.1) is 11.3 Å². The zero-order valence-corrected chi connectivity index (χ0v) is 24.9. The summed E-state index contributed by atoms with van der Waals surface area (Å²) in [6, 6.07) is 2.69. The minimum absolute atomic E-state index is 0.00588. The zero-order valence-electron chi connectivity index (χ0n) is 24.1. The third-order valence-corrected chi connectivity index (χ3v) is 10.7. The summed E-state index contributed by atoms with van der Waals surface area (Å²) in [6.07, 6.45) is 8.17. The van der Waals surface area contributed by atoms with E-state index in [1.807, 2.05) is 28.2 Å². The maximum absolute atomic E-state index is 14.0. The van der Waals surface area contributed by atoms with E-state index in [-0.39, 0.29) is 23.4 Å². The Bertz CT molecular complexity index is 1300. The number of thiophene rings is 1. The summed E-state index contributed by atoms with van der Waals surface area (Å²) in [5, 5.41) is 2.23. The molecule has 220 valence electrons. The van der Waals surface area contributed by atoms with Crippen LogP contribution >= 0.6 is 11.3 Å². The van der Waals surface area contributed by atoms with Gasteiger partial charge in [0.2, 0.25) is 5.91 Å². The molecule has 1 spiro atoms. The highest BCUT2D eigenvalue weighted by Gasteiger charge is 2.41. The van der Waals surface area contributed by atoms with Crippen molar-refractivity contribution in [2.24, 2.45) is 10.4 Å². The lowest BCUT2D eigenvalue weighted by Crippen LogP contribution is -2.55. The van der Waals surface area contributed by atoms with Crippen LogP contribution in [-0.2, 0) is 30.5 Å². The number of amides is 1. The number of hydrogen-bond acceptors (Lipinski definition) is 8. The molecule has 4 aliphatic rings. The summed E-state index contributed by atoms with van der Waals surface area (Å²) < 4.78 is 20.3. The Hall–Kier alpha value is -2.85. The highest BCUT2D eigenvalue weighted by molar-refractivity contribution is 7.10. The second-order valence-corrected chi connectivity index (χ2v) is 13.3. The predicted molar refractivity (Wildman–Crippen MR) is 161 cm³/mol. The molecular formula is C31H41FN6O2S. The zero-order chi connectivity index (χ0) is 28.6. The fraction of sp³-hybridized carbons (Fsp3) is 0.613. The molecule has 0 saturated carbocycles. The van der Waals surface area contributed by atoms with Crippen molar-refractivity contribution in [2.75, 3.05) is 51.3 Å². The highest BCUT2D eigenvalue weighted by Crippen LogP contribution is 2.47. The molecule has 2 aliphatic carbocycles. The van der Waals surface area contributed by atoms with E-state index in [0.717, 1.165) is 50.0 Å². The van der Waals surface area contributed by atoms with Gasteiger partial charge in [-0.3, -0.25) is 9.69 Å². The van der Waals surface area contributed by atoms with Gasteiger partial charge >= 0.3 is 6.01 Å². The van der Waals surface area contributed by atoms with E-state index >= 15 is 0 Å². The normalized spacial score (nSPS) is 27.9. The predicted octanol–water partition coefficient (Wildman–Crippen LogP) is 3.92. The summed E-state index contributed by atoms with van der Waals surface area (Å²) in [5.74, 6) is 0.878. The van der Waals surface area contributed by atoms with E-state index in [1.165, 1.54) is 28.5 Å². The number of likely N-dealkylation sites (tertiary alicyclic amines) is 1. The van der Waals surface area contributed by atoms with Crippen molar-refractivity contribution in [3.8, 4) is 6.01 Å². The van der Waals surface area contributed by atoms with Crippen LogP contribution in [0.3, 0.4) is 0 Å². The molecule has 0 radical (unpaired) electrons. The van der Waals surface area contributed by atoms with Crippen molar-refractivity contribution in [3.05, 3.63) is 45.8 Å². The first-order valence-electron chi connectivity index (χ1n) is 14.9. The summed E-state index contributed by atoms with van der Waals surface area (Å²) in [4.78, 5) is 34.5. The number of rotatable bonds is 8. The maximum Gasteiger partial charge on any atom is 0.318 e. The third kappa shape index (κ3) is 5.78. The van der Waals surface area contributed by atoms with Crippen molar-refractivity contribution in [1.82, 2.24) is 19.8 Å². The molecule has 0 N–H and O–H groups in total. The van der Waals surface area contributed by atoms with Gasteiger partial charge in [-0.2, -0.15) is 9.97 Å². The first kappa shape index (κ1) is 28.3. The summed E-state index contributed by atoms with van der Waals surface area (Å²) in [6.45, 7) is 10.7. The van der Waals surface area contributed by atoms with Crippen LogP contribution in [0.2, 0.25) is 0 Å². The van der Waals surface area contributed by atoms with Crippen LogP contribution in [0.5, 0.6) is 6.01 Å². The minimum Gasteiger partial charge on any atom is -0.462 e. The topological polar surface area (TPSA) is 74.2 Å².